The van der Waals surface area contributed by atoms with Gasteiger partial charge in [-0.1, -0.05) is 12.8 Å². The molecule has 5 heavy (non-hydrogen) atoms. The summed E-state index contributed by atoms with van der Waals surface area (Å²) in [4.78, 5) is 0. The molecule has 0 aliphatic heterocycles. The summed E-state index contributed by atoms with van der Waals surface area (Å²) in [6.45, 7) is 0. The third kappa shape index (κ3) is 3.69. The molecule has 0 saturated heterocycles. The van der Waals surface area contributed by atoms with Gasteiger partial charge in [-0.15, -0.1) is 0 Å². The summed E-state index contributed by atoms with van der Waals surface area (Å²) in [5.74, 6) is 0. The van der Waals surface area contributed by atoms with E-state index in [0.717, 1.165) is 0 Å². The highest BCUT2D eigenvalue weighted by Crippen LogP contribution is 1.54. The first-order valence-corrected chi connectivity index (χ1v) is 1.63. The molecule has 0 unspecified atom stereocenters. The molecule has 0 rings (SSSR count). The summed E-state index contributed by atoms with van der Waals surface area (Å²) in [5, 5.41) is 0. The minimum atomic E-state index is 1.37. The molecule has 30 valence electrons. The Morgan fingerprint density at radius 1 is 1.80 bits per heavy atom. The Labute approximate surface area is 36.6 Å². The van der Waals surface area contributed by atoms with Crippen LogP contribution in [0.25, 0.3) is 0 Å². The van der Waals surface area contributed by atoms with Crippen LogP contribution in [0, 0.1) is 0 Å². The second kappa shape index (κ2) is 3.69. The quantitative estimate of drug-likeness (QED) is 0.392. The van der Waals surface area contributed by atoms with Gasteiger partial charge < -0.3 is 10.5 Å². The molecule has 0 aliphatic carbocycles. The van der Waals surface area contributed by atoms with Crippen molar-refractivity contribution in [1.82, 2.24) is 4.72 Å². The van der Waals surface area contributed by atoms with Gasteiger partial charge in [-0.05, 0) is 0 Å². The van der Waals surface area contributed by atoms with Crippen molar-refractivity contribution in [2.45, 2.75) is 0 Å². The van der Waals surface area contributed by atoms with Crippen LogP contribution < -0.4 is 10.5 Å². The van der Waals surface area contributed by atoms with Crippen LogP contribution in [0.15, 0.2) is 12.4 Å². The van der Waals surface area contributed by atoms with Crippen LogP contribution in [0.4, 0.5) is 0 Å². The third-order valence-corrected chi connectivity index (χ3v) is 0.320. The third-order valence-electron chi connectivity index (χ3n) is 0.171. The van der Waals surface area contributed by atoms with E-state index in [1.807, 2.05) is 0 Å². The Bertz CT molecular complexity index is 34.6. The van der Waals surface area contributed by atoms with Crippen LogP contribution in [0.1, 0.15) is 0 Å². The van der Waals surface area contributed by atoms with Crippen LogP contribution in [-0.4, -0.2) is 0 Å². The van der Waals surface area contributed by atoms with E-state index in [1.165, 1.54) is 12.4 Å². The molecule has 0 amide bonds. The molecule has 0 aromatic heterocycles. The number of hydrogen-bond donors (Lipinski definition) is 3. The van der Waals surface area contributed by atoms with E-state index in [-0.39, 0.29) is 0 Å². The Morgan fingerprint density at radius 3 is 2.40 bits per heavy atom. The maximum atomic E-state index is 4.85. The monoisotopic (exact) mass is 90.0 g/mol. The number of rotatable bonds is 1. The van der Waals surface area contributed by atoms with Crippen LogP contribution in [0.2, 0.25) is 0 Å². The van der Waals surface area contributed by atoms with Gasteiger partial charge in [0, 0.05) is 12.4 Å². The number of thiol groups is 1. The molecule has 0 radical (unpaired) electrons. The SMILES string of the molecule is N/C=C\NS. The zero-order valence-corrected chi connectivity index (χ0v) is 3.57. The fourth-order valence-electron chi connectivity index (χ4n) is 0.0430. The van der Waals surface area contributed by atoms with E-state index in [1.54, 1.807) is 0 Å². The van der Waals surface area contributed by atoms with E-state index >= 15 is 0 Å². The minimum Gasteiger partial charge on any atom is -0.403 e. The van der Waals surface area contributed by atoms with Gasteiger partial charge in [0.25, 0.3) is 0 Å². The fourth-order valence-corrected chi connectivity index (χ4v) is 0.129. The fraction of sp³-hybridized carbons (Fsp3) is 0. The van der Waals surface area contributed by atoms with Crippen LogP contribution in [-0.2, 0) is 0 Å². The Morgan fingerprint density at radius 2 is 2.40 bits per heavy atom. The molecule has 0 bridgehead atoms. The number of nitrogens with one attached hydrogen (secondary N) is 1. The van der Waals surface area contributed by atoms with Gasteiger partial charge in [0.2, 0.25) is 0 Å². The molecular weight excluding hydrogens is 84.1 g/mol. The van der Waals surface area contributed by atoms with Crippen molar-refractivity contribution in [2.24, 2.45) is 5.73 Å². The molecule has 0 spiro atoms. The molecule has 3 heteroatoms. The van der Waals surface area contributed by atoms with Gasteiger partial charge in [0.15, 0.2) is 0 Å². The first-order valence-electron chi connectivity index (χ1n) is 1.18. The molecule has 0 aliphatic rings. The lowest BCUT2D eigenvalue weighted by molar-refractivity contribution is 1.39. The van der Waals surface area contributed by atoms with Crippen LogP contribution >= 0.6 is 12.8 Å². The molecule has 0 atom stereocenters. The van der Waals surface area contributed by atoms with Gasteiger partial charge in [-0.3, -0.25) is 0 Å². The summed E-state index contributed by atoms with van der Waals surface area (Å²) in [5.41, 5.74) is 4.85. The zero-order valence-electron chi connectivity index (χ0n) is 2.68. The van der Waals surface area contributed by atoms with Gasteiger partial charge >= 0.3 is 0 Å². The van der Waals surface area contributed by atoms with Gasteiger partial charge in [-0.25, -0.2) is 0 Å². The van der Waals surface area contributed by atoms with E-state index in [4.69, 9.17) is 5.73 Å². The maximum Gasteiger partial charge on any atom is 0.0225 e. The van der Waals surface area contributed by atoms with Crippen molar-refractivity contribution >= 4 is 12.8 Å². The minimum absolute atomic E-state index is 1.37. The van der Waals surface area contributed by atoms with Crippen molar-refractivity contribution in [1.29, 1.82) is 0 Å². The van der Waals surface area contributed by atoms with Gasteiger partial charge in [-0.2, -0.15) is 0 Å². The standard InChI is InChI=1S/C2H6N2S/c3-1-2-4-5/h1-2,4-5H,3H2/b2-1-. The van der Waals surface area contributed by atoms with Crippen molar-refractivity contribution in [3.63, 3.8) is 0 Å². The highest BCUT2D eigenvalue weighted by Gasteiger charge is 1.46. The van der Waals surface area contributed by atoms with Gasteiger partial charge in [0.1, 0.15) is 0 Å². The second-order valence-electron chi connectivity index (χ2n) is 0.488. The summed E-state index contributed by atoms with van der Waals surface area (Å²) in [7, 11) is 0. The Balaban J connectivity index is 2.62. The zero-order chi connectivity index (χ0) is 4.12. The summed E-state index contributed by atoms with van der Waals surface area (Å²) >= 11 is 3.58. The van der Waals surface area contributed by atoms with Crippen molar-refractivity contribution in [3.05, 3.63) is 12.4 Å². The number of hydrogen-bond acceptors (Lipinski definition) is 3. The second-order valence-corrected chi connectivity index (χ2v) is 0.746. The smallest absolute Gasteiger partial charge is 0.0225 e. The molecule has 0 heterocycles. The Hall–Kier alpha value is -0.310. The van der Waals surface area contributed by atoms with Gasteiger partial charge in [0.05, 0.1) is 0 Å². The molecule has 0 aromatic rings. The van der Waals surface area contributed by atoms with Crippen LogP contribution in [0.5, 0.6) is 0 Å². The molecule has 0 aromatic carbocycles. The highest BCUT2D eigenvalue weighted by atomic mass is 32.1. The van der Waals surface area contributed by atoms with E-state index in [0.29, 0.717) is 0 Å². The summed E-state index contributed by atoms with van der Waals surface area (Å²) < 4.78 is 2.41. The summed E-state index contributed by atoms with van der Waals surface area (Å²) in [6.07, 6.45) is 2.89. The normalized spacial score (nSPS) is 9.00. The first-order chi connectivity index (χ1) is 2.41. The van der Waals surface area contributed by atoms with E-state index in [9.17, 15) is 0 Å². The predicted octanol–water partition coefficient (Wildman–Crippen LogP) is -0.149. The average molecular weight is 90.2 g/mol. The molecule has 0 fully saturated rings. The van der Waals surface area contributed by atoms with Crippen molar-refractivity contribution in [3.8, 4) is 0 Å². The topological polar surface area (TPSA) is 38.0 Å². The van der Waals surface area contributed by atoms with E-state index in [2.05, 4.69) is 17.5 Å². The van der Waals surface area contributed by atoms with Crippen molar-refractivity contribution in [2.75, 3.05) is 0 Å². The maximum absolute atomic E-state index is 4.85. The van der Waals surface area contributed by atoms with E-state index < -0.39 is 0 Å². The largest absolute Gasteiger partial charge is 0.403 e. The highest BCUT2D eigenvalue weighted by molar-refractivity contribution is 7.78. The lowest BCUT2D eigenvalue weighted by atomic mass is 11.0. The number of nitrogens with two attached hydrogens (primary N) is 1. The molecule has 0 saturated carbocycles. The molecular formula is C2H6N2S. The molecule has 2 nitrogen and oxygen atoms in total. The average Bonchev–Trinajstić information content (AvgIpc) is 1.41. The Kier molecular flexibility index (Phi) is 3.46. The first kappa shape index (κ1) is 4.69. The predicted molar refractivity (Wildman–Crippen MR) is 25.4 cm³/mol. The lowest BCUT2D eigenvalue weighted by Gasteiger charge is -1.73. The molecule has 3 N–H and O–H groups in total. The lowest BCUT2D eigenvalue weighted by Crippen LogP contribution is -1.84. The van der Waals surface area contributed by atoms with Crippen LogP contribution in [0.3, 0.4) is 0 Å². The van der Waals surface area contributed by atoms with Crippen molar-refractivity contribution < 1.29 is 0 Å². The summed E-state index contributed by atoms with van der Waals surface area (Å²) in [6, 6.07) is 0.